The Morgan fingerprint density at radius 3 is 2.41 bits per heavy atom. The zero-order chi connectivity index (χ0) is 16.3. The van der Waals surface area contributed by atoms with Crippen molar-refractivity contribution in [1.82, 2.24) is 10.6 Å². The van der Waals surface area contributed by atoms with Gasteiger partial charge in [-0.2, -0.15) is 0 Å². The van der Waals surface area contributed by atoms with Gasteiger partial charge >= 0.3 is 0 Å². The van der Waals surface area contributed by atoms with Crippen LogP contribution in [-0.4, -0.2) is 22.5 Å². The molecule has 6 heteroatoms. The normalized spacial score (nSPS) is 14.1. The third kappa shape index (κ3) is 4.80. The summed E-state index contributed by atoms with van der Waals surface area (Å²) in [7, 11) is 0. The molecule has 0 spiro atoms. The first-order valence-electron chi connectivity index (χ1n) is 7.29. The Labute approximate surface area is 135 Å². The molecule has 22 heavy (non-hydrogen) atoms. The Hall–Kier alpha value is -1.95. The van der Waals surface area contributed by atoms with Crippen molar-refractivity contribution in [3.8, 4) is 0 Å². The van der Waals surface area contributed by atoms with E-state index in [1.807, 2.05) is 26.8 Å². The molecule has 0 atom stereocenters. The van der Waals surface area contributed by atoms with Crippen molar-refractivity contribution >= 4 is 34.8 Å². The standard InChI is InChI=1S/C16H21N3O2S/c1-16(2,3)19-14(21)11-6-4-5-7-12(11)17-15(22)18-13(20)10-8-9-10/h4-7,10H,8-9H2,1-3H3,(H,19,21)(H2,17,18,20,22). The summed E-state index contributed by atoms with van der Waals surface area (Å²) in [4.78, 5) is 24.0. The van der Waals surface area contributed by atoms with Crippen molar-refractivity contribution in [2.24, 2.45) is 5.92 Å². The number of carbonyl (C=O) groups is 2. The Balaban J connectivity index is 2.05. The second-order valence-corrected chi connectivity index (χ2v) is 6.88. The fraction of sp³-hybridized carbons (Fsp3) is 0.438. The first kappa shape index (κ1) is 16.4. The largest absolute Gasteiger partial charge is 0.347 e. The van der Waals surface area contributed by atoms with E-state index in [1.165, 1.54) is 0 Å². The summed E-state index contributed by atoms with van der Waals surface area (Å²) in [5.41, 5.74) is 0.732. The van der Waals surface area contributed by atoms with E-state index in [9.17, 15) is 9.59 Å². The van der Waals surface area contributed by atoms with Crippen molar-refractivity contribution in [2.45, 2.75) is 39.2 Å². The molecule has 0 radical (unpaired) electrons. The lowest BCUT2D eigenvalue weighted by molar-refractivity contribution is -0.120. The summed E-state index contributed by atoms with van der Waals surface area (Å²) in [6, 6.07) is 7.07. The molecule has 0 heterocycles. The molecule has 0 aromatic heterocycles. The van der Waals surface area contributed by atoms with Crippen LogP contribution in [0.4, 0.5) is 5.69 Å². The Kier molecular flexibility index (Phi) is 4.81. The molecule has 1 fully saturated rings. The van der Waals surface area contributed by atoms with Crippen molar-refractivity contribution in [1.29, 1.82) is 0 Å². The molecule has 1 aromatic carbocycles. The van der Waals surface area contributed by atoms with E-state index >= 15 is 0 Å². The predicted molar refractivity (Wildman–Crippen MR) is 90.7 cm³/mol. The minimum absolute atomic E-state index is 0.0610. The number of nitrogens with one attached hydrogen (secondary N) is 3. The first-order chi connectivity index (χ1) is 10.3. The SMILES string of the molecule is CC(C)(C)NC(=O)c1ccccc1NC(=S)NC(=O)C1CC1. The van der Waals surface area contributed by atoms with Crippen molar-refractivity contribution in [3.63, 3.8) is 0 Å². The third-order valence-electron chi connectivity index (χ3n) is 3.09. The average molecular weight is 319 g/mol. The van der Waals surface area contributed by atoms with Gasteiger partial charge in [-0.25, -0.2) is 0 Å². The lowest BCUT2D eigenvalue weighted by atomic mass is 10.1. The molecule has 5 nitrogen and oxygen atoms in total. The number of anilines is 1. The molecule has 0 saturated heterocycles. The molecule has 1 aromatic rings. The molecule has 2 amide bonds. The summed E-state index contributed by atoms with van der Waals surface area (Å²) in [6.45, 7) is 5.75. The van der Waals surface area contributed by atoms with Crippen LogP contribution in [0.1, 0.15) is 44.0 Å². The monoisotopic (exact) mass is 319 g/mol. The highest BCUT2D eigenvalue weighted by Gasteiger charge is 2.30. The minimum atomic E-state index is -0.328. The summed E-state index contributed by atoms with van der Waals surface area (Å²) in [5, 5.41) is 8.71. The fourth-order valence-corrected chi connectivity index (χ4v) is 2.12. The number of para-hydroxylation sites is 1. The number of hydrogen-bond donors (Lipinski definition) is 3. The van der Waals surface area contributed by atoms with Crippen LogP contribution in [0.2, 0.25) is 0 Å². The van der Waals surface area contributed by atoms with Crippen LogP contribution in [-0.2, 0) is 4.79 Å². The average Bonchev–Trinajstić information content (AvgIpc) is 3.21. The van der Waals surface area contributed by atoms with Crippen LogP contribution in [0.15, 0.2) is 24.3 Å². The maximum absolute atomic E-state index is 12.3. The van der Waals surface area contributed by atoms with Crippen molar-refractivity contribution in [2.75, 3.05) is 5.32 Å². The highest BCUT2D eigenvalue weighted by Crippen LogP contribution is 2.28. The van der Waals surface area contributed by atoms with E-state index in [0.29, 0.717) is 11.3 Å². The molecule has 3 N–H and O–H groups in total. The van der Waals surface area contributed by atoms with Crippen molar-refractivity contribution < 1.29 is 9.59 Å². The highest BCUT2D eigenvalue weighted by molar-refractivity contribution is 7.80. The van der Waals surface area contributed by atoms with E-state index in [-0.39, 0.29) is 28.4 Å². The predicted octanol–water partition coefficient (Wildman–Crippen LogP) is 2.44. The maximum atomic E-state index is 12.3. The number of thiocarbonyl (C=S) groups is 1. The van der Waals surface area contributed by atoms with E-state index in [4.69, 9.17) is 12.2 Å². The van der Waals surface area contributed by atoms with Gasteiger partial charge in [0.1, 0.15) is 0 Å². The van der Waals surface area contributed by atoms with Gasteiger partial charge in [0.15, 0.2) is 5.11 Å². The van der Waals surface area contributed by atoms with Gasteiger partial charge < -0.3 is 16.0 Å². The number of hydrogen-bond acceptors (Lipinski definition) is 3. The lowest BCUT2D eigenvalue weighted by Crippen LogP contribution is -2.41. The number of carbonyl (C=O) groups excluding carboxylic acids is 2. The summed E-state index contributed by atoms with van der Waals surface area (Å²) in [6.07, 6.45) is 1.83. The van der Waals surface area contributed by atoms with E-state index < -0.39 is 0 Å². The van der Waals surface area contributed by atoms with Crippen LogP contribution < -0.4 is 16.0 Å². The summed E-state index contributed by atoms with van der Waals surface area (Å²) in [5.74, 6) is -0.166. The zero-order valence-electron chi connectivity index (χ0n) is 13.0. The highest BCUT2D eigenvalue weighted by atomic mass is 32.1. The third-order valence-corrected chi connectivity index (χ3v) is 3.30. The second-order valence-electron chi connectivity index (χ2n) is 6.47. The van der Waals surface area contributed by atoms with Gasteiger partial charge in [-0.1, -0.05) is 12.1 Å². The molecule has 118 valence electrons. The van der Waals surface area contributed by atoms with Gasteiger partial charge in [-0.15, -0.1) is 0 Å². The van der Waals surface area contributed by atoms with Crippen LogP contribution in [0.5, 0.6) is 0 Å². The summed E-state index contributed by atoms with van der Waals surface area (Å²) >= 11 is 5.14. The van der Waals surface area contributed by atoms with Crippen LogP contribution in [0.25, 0.3) is 0 Å². The van der Waals surface area contributed by atoms with Gasteiger partial charge in [-0.05, 0) is 58.0 Å². The Morgan fingerprint density at radius 1 is 1.18 bits per heavy atom. The lowest BCUT2D eigenvalue weighted by Gasteiger charge is -2.21. The smallest absolute Gasteiger partial charge is 0.253 e. The van der Waals surface area contributed by atoms with Crippen LogP contribution in [0, 0.1) is 5.92 Å². The molecular weight excluding hydrogens is 298 g/mol. The maximum Gasteiger partial charge on any atom is 0.253 e. The van der Waals surface area contributed by atoms with E-state index in [0.717, 1.165) is 12.8 Å². The Morgan fingerprint density at radius 2 is 1.82 bits per heavy atom. The molecule has 2 rings (SSSR count). The van der Waals surface area contributed by atoms with Crippen LogP contribution in [0.3, 0.4) is 0 Å². The van der Waals surface area contributed by atoms with Gasteiger partial charge in [0.25, 0.3) is 5.91 Å². The molecular formula is C16H21N3O2S. The number of rotatable bonds is 3. The van der Waals surface area contributed by atoms with Gasteiger partial charge in [0, 0.05) is 11.5 Å². The van der Waals surface area contributed by atoms with Gasteiger partial charge in [-0.3, -0.25) is 9.59 Å². The molecule has 1 aliphatic rings. The molecule has 1 aliphatic carbocycles. The van der Waals surface area contributed by atoms with E-state index in [2.05, 4.69) is 16.0 Å². The second kappa shape index (κ2) is 6.44. The molecule has 0 aliphatic heterocycles. The molecule has 1 saturated carbocycles. The first-order valence-corrected chi connectivity index (χ1v) is 7.70. The van der Waals surface area contributed by atoms with Crippen molar-refractivity contribution in [3.05, 3.63) is 29.8 Å². The summed E-state index contributed by atoms with van der Waals surface area (Å²) < 4.78 is 0. The Bertz CT molecular complexity index is 604. The number of benzene rings is 1. The van der Waals surface area contributed by atoms with Gasteiger partial charge in [0.2, 0.25) is 5.91 Å². The van der Waals surface area contributed by atoms with E-state index in [1.54, 1.807) is 18.2 Å². The topological polar surface area (TPSA) is 70.2 Å². The molecule has 0 unspecified atom stereocenters. The minimum Gasteiger partial charge on any atom is -0.347 e. The van der Waals surface area contributed by atoms with Gasteiger partial charge in [0.05, 0.1) is 11.3 Å². The number of amides is 2. The zero-order valence-corrected chi connectivity index (χ0v) is 13.8. The molecule has 0 bridgehead atoms. The van der Waals surface area contributed by atoms with Crippen LogP contribution >= 0.6 is 12.2 Å². The fourth-order valence-electron chi connectivity index (χ4n) is 1.91. The quantitative estimate of drug-likeness (QED) is 0.749.